The van der Waals surface area contributed by atoms with E-state index in [4.69, 9.17) is 10.2 Å². The van der Waals surface area contributed by atoms with Crippen LogP contribution >= 0.6 is 0 Å². The Morgan fingerprint density at radius 3 is 3.06 bits per heavy atom. The summed E-state index contributed by atoms with van der Waals surface area (Å²) in [5.41, 5.74) is 7.43. The summed E-state index contributed by atoms with van der Waals surface area (Å²) in [6.45, 7) is 1.61. The molecule has 5 heteroatoms. The molecular formula is C12H14N4O. The maximum atomic E-state index is 5.52. The molecule has 0 saturated carbocycles. The molecule has 88 valence electrons. The Morgan fingerprint density at radius 2 is 2.29 bits per heavy atom. The molecule has 0 bridgehead atoms. The quantitative estimate of drug-likeness (QED) is 0.742. The van der Waals surface area contributed by atoms with Crippen molar-refractivity contribution in [3.05, 3.63) is 36.9 Å². The van der Waals surface area contributed by atoms with Crippen molar-refractivity contribution in [2.24, 2.45) is 5.73 Å². The summed E-state index contributed by atoms with van der Waals surface area (Å²) in [6, 6.07) is 5.79. The van der Waals surface area contributed by atoms with Gasteiger partial charge in [-0.1, -0.05) is 0 Å². The number of aromatic nitrogens is 3. The first-order chi connectivity index (χ1) is 8.38. The molecule has 3 rings (SSSR count). The molecule has 0 atom stereocenters. The number of hydrogen-bond acceptors (Lipinski definition) is 3. The second kappa shape index (κ2) is 4.10. The molecule has 17 heavy (non-hydrogen) atoms. The Kier molecular flexibility index (Phi) is 2.45. The molecule has 0 spiro atoms. The Balaban J connectivity index is 1.99. The minimum absolute atomic E-state index is 0.698. The van der Waals surface area contributed by atoms with E-state index in [2.05, 4.69) is 9.67 Å². The number of nitrogens with two attached hydrogens (primary N) is 1. The lowest BCUT2D eigenvalue weighted by atomic mass is 10.3. The highest BCUT2D eigenvalue weighted by molar-refractivity contribution is 5.59. The average Bonchev–Trinajstić information content (AvgIpc) is 3.02. The monoisotopic (exact) mass is 230 g/mol. The predicted molar refractivity (Wildman–Crippen MR) is 64.6 cm³/mol. The van der Waals surface area contributed by atoms with E-state index in [1.165, 1.54) is 0 Å². The van der Waals surface area contributed by atoms with Crippen LogP contribution in [0, 0.1) is 0 Å². The van der Waals surface area contributed by atoms with Crippen molar-refractivity contribution in [1.29, 1.82) is 0 Å². The van der Waals surface area contributed by atoms with Gasteiger partial charge in [0.15, 0.2) is 5.76 Å². The number of rotatable bonds is 4. The molecule has 3 aromatic rings. The molecule has 3 heterocycles. The van der Waals surface area contributed by atoms with E-state index >= 15 is 0 Å². The van der Waals surface area contributed by atoms with Gasteiger partial charge < -0.3 is 14.7 Å². The van der Waals surface area contributed by atoms with Gasteiger partial charge in [0, 0.05) is 25.0 Å². The lowest BCUT2D eigenvalue weighted by molar-refractivity contribution is 0.579. The number of nitrogens with zero attached hydrogens (tertiary/aromatic N) is 3. The highest BCUT2D eigenvalue weighted by Gasteiger charge is 2.09. The fourth-order valence-corrected chi connectivity index (χ4v) is 1.92. The molecule has 2 N–H and O–H groups in total. The molecule has 0 aliphatic carbocycles. The third-order valence-electron chi connectivity index (χ3n) is 2.77. The van der Waals surface area contributed by atoms with Gasteiger partial charge in [0.25, 0.3) is 0 Å². The van der Waals surface area contributed by atoms with Crippen LogP contribution in [0.3, 0.4) is 0 Å². The van der Waals surface area contributed by atoms with Crippen LogP contribution in [0.15, 0.2) is 41.3 Å². The average molecular weight is 230 g/mol. The van der Waals surface area contributed by atoms with Crippen molar-refractivity contribution in [3.8, 4) is 11.5 Å². The van der Waals surface area contributed by atoms with Crippen molar-refractivity contribution >= 4 is 5.65 Å². The molecule has 0 saturated heterocycles. The van der Waals surface area contributed by atoms with Gasteiger partial charge in [0.1, 0.15) is 11.3 Å². The van der Waals surface area contributed by atoms with Crippen molar-refractivity contribution in [3.63, 3.8) is 0 Å². The van der Waals surface area contributed by atoms with Gasteiger partial charge in [-0.05, 0) is 25.1 Å². The zero-order chi connectivity index (χ0) is 11.7. The largest absolute Gasteiger partial charge is 0.463 e. The predicted octanol–water partition coefficient (Wildman–Crippen LogP) is 1.74. The molecule has 5 nitrogen and oxygen atoms in total. The normalized spacial score (nSPS) is 11.4. The van der Waals surface area contributed by atoms with Gasteiger partial charge >= 0.3 is 0 Å². The minimum atomic E-state index is 0.698. The first-order valence-electron chi connectivity index (χ1n) is 5.67. The van der Waals surface area contributed by atoms with Gasteiger partial charge in [-0.15, -0.1) is 0 Å². The van der Waals surface area contributed by atoms with Crippen LogP contribution in [0.1, 0.15) is 6.42 Å². The van der Waals surface area contributed by atoms with Crippen LogP contribution in [-0.4, -0.2) is 20.7 Å². The van der Waals surface area contributed by atoms with E-state index in [9.17, 15) is 0 Å². The zero-order valence-corrected chi connectivity index (χ0v) is 9.41. The molecule has 0 unspecified atom stereocenters. The molecule has 0 aliphatic rings. The van der Waals surface area contributed by atoms with Gasteiger partial charge in [-0.2, -0.15) is 5.10 Å². The summed E-state index contributed by atoms with van der Waals surface area (Å²) in [5, 5.41) is 4.45. The van der Waals surface area contributed by atoms with Gasteiger partial charge in [0.05, 0.1) is 6.26 Å². The molecule has 0 fully saturated rings. The summed E-state index contributed by atoms with van der Waals surface area (Å²) in [5.74, 6) is 0.791. The fourth-order valence-electron chi connectivity index (χ4n) is 1.92. The zero-order valence-electron chi connectivity index (χ0n) is 9.41. The van der Waals surface area contributed by atoms with Crippen molar-refractivity contribution in [1.82, 2.24) is 14.2 Å². The van der Waals surface area contributed by atoms with Crippen LogP contribution in [0.4, 0.5) is 0 Å². The smallest absolute Gasteiger partial charge is 0.154 e. The molecular weight excluding hydrogens is 216 g/mol. The van der Waals surface area contributed by atoms with Crippen molar-refractivity contribution < 1.29 is 4.42 Å². The summed E-state index contributed by atoms with van der Waals surface area (Å²) >= 11 is 0. The lowest BCUT2D eigenvalue weighted by Gasteiger charge is -1.99. The Morgan fingerprint density at radius 1 is 1.35 bits per heavy atom. The van der Waals surface area contributed by atoms with Crippen LogP contribution in [-0.2, 0) is 6.54 Å². The highest BCUT2D eigenvalue weighted by Crippen LogP contribution is 2.20. The maximum Gasteiger partial charge on any atom is 0.154 e. The summed E-state index contributed by atoms with van der Waals surface area (Å²) < 4.78 is 9.34. The number of aryl methyl sites for hydroxylation is 1. The second-order valence-electron chi connectivity index (χ2n) is 3.94. The Hall–Kier alpha value is -2.01. The van der Waals surface area contributed by atoms with E-state index in [1.807, 2.05) is 35.1 Å². The van der Waals surface area contributed by atoms with Gasteiger partial charge in [-0.25, -0.2) is 4.52 Å². The van der Waals surface area contributed by atoms with Crippen molar-refractivity contribution in [2.75, 3.05) is 6.54 Å². The number of furan rings is 1. The Labute approximate surface area is 98.4 Å². The first-order valence-corrected chi connectivity index (χ1v) is 5.67. The third kappa shape index (κ3) is 1.74. The number of imidazole rings is 1. The molecule has 0 aliphatic heterocycles. The van der Waals surface area contributed by atoms with Crippen LogP contribution in [0.2, 0.25) is 0 Å². The Bertz CT molecular complexity index is 606. The van der Waals surface area contributed by atoms with Crippen LogP contribution < -0.4 is 5.73 Å². The van der Waals surface area contributed by atoms with E-state index in [-0.39, 0.29) is 0 Å². The van der Waals surface area contributed by atoms with Crippen LogP contribution in [0.5, 0.6) is 0 Å². The molecule has 0 amide bonds. The first kappa shape index (κ1) is 10.2. The lowest BCUT2D eigenvalue weighted by Crippen LogP contribution is -2.04. The standard InChI is InChI=1S/C12H14N4O/c13-4-2-5-15-6-7-16-12(15)9-10(14-16)11-3-1-8-17-11/h1,3,6-9H,2,4-5,13H2. The van der Waals surface area contributed by atoms with Gasteiger partial charge in [0.2, 0.25) is 0 Å². The SMILES string of the molecule is NCCCn1ccn2nc(-c3ccco3)cc12. The van der Waals surface area contributed by atoms with Crippen molar-refractivity contribution in [2.45, 2.75) is 13.0 Å². The topological polar surface area (TPSA) is 61.4 Å². The molecule has 0 aromatic carbocycles. The van der Waals surface area contributed by atoms with E-state index in [0.29, 0.717) is 6.54 Å². The van der Waals surface area contributed by atoms with E-state index < -0.39 is 0 Å². The summed E-state index contributed by atoms with van der Waals surface area (Å²) in [6.07, 6.45) is 6.58. The van der Waals surface area contributed by atoms with E-state index in [1.54, 1.807) is 6.26 Å². The fraction of sp³-hybridized carbons (Fsp3) is 0.250. The minimum Gasteiger partial charge on any atom is -0.463 e. The van der Waals surface area contributed by atoms with Gasteiger partial charge in [-0.3, -0.25) is 0 Å². The van der Waals surface area contributed by atoms with E-state index in [0.717, 1.165) is 30.1 Å². The third-order valence-corrected chi connectivity index (χ3v) is 2.77. The maximum absolute atomic E-state index is 5.52. The number of hydrogen-bond donors (Lipinski definition) is 1. The second-order valence-corrected chi connectivity index (χ2v) is 3.94. The summed E-state index contributed by atoms with van der Waals surface area (Å²) in [7, 11) is 0. The molecule has 0 radical (unpaired) electrons. The highest BCUT2D eigenvalue weighted by atomic mass is 16.3. The summed E-state index contributed by atoms with van der Waals surface area (Å²) in [4.78, 5) is 0. The molecule has 3 aromatic heterocycles. The number of fused-ring (bicyclic) bond motifs is 1. The van der Waals surface area contributed by atoms with Crippen LogP contribution in [0.25, 0.3) is 17.1 Å².